The molecule has 0 fully saturated rings. The number of methoxy groups -OCH3 is 1. The van der Waals surface area contributed by atoms with Crippen LogP contribution in [0.5, 0.6) is 5.88 Å². The van der Waals surface area contributed by atoms with E-state index in [0.29, 0.717) is 18.2 Å². The van der Waals surface area contributed by atoms with Crippen molar-refractivity contribution in [2.45, 2.75) is 6.54 Å². The van der Waals surface area contributed by atoms with Crippen LogP contribution in [0.1, 0.15) is 5.56 Å². The van der Waals surface area contributed by atoms with Crippen LogP contribution in [0.25, 0.3) is 0 Å². The van der Waals surface area contributed by atoms with E-state index in [9.17, 15) is 4.79 Å². The molecule has 0 aliphatic heterocycles. The monoisotopic (exact) mass is 232 g/mol. The van der Waals surface area contributed by atoms with E-state index in [1.807, 2.05) is 12.1 Å². The largest absolute Gasteiger partial charge is 0.481 e. The van der Waals surface area contributed by atoms with E-state index in [-0.39, 0.29) is 5.56 Å². The van der Waals surface area contributed by atoms with Gasteiger partial charge < -0.3 is 10.1 Å². The lowest BCUT2D eigenvalue weighted by Gasteiger charge is -2.08. The number of anilines is 1. The number of pyridine rings is 1. The second-order valence-electron chi connectivity index (χ2n) is 3.33. The summed E-state index contributed by atoms with van der Waals surface area (Å²) in [4.78, 5) is 14.9. The average Bonchev–Trinajstić information content (AvgIpc) is 2.38. The van der Waals surface area contributed by atoms with Gasteiger partial charge in [-0.1, -0.05) is 6.07 Å². The van der Waals surface area contributed by atoms with E-state index in [1.165, 1.54) is 6.07 Å². The minimum Gasteiger partial charge on any atom is -0.481 e. The van der Waals surface area contributed by atoms with Gasteiger partial charge in [-0.3, -0.25) is 4.79 Å². The molecule has 2 aromatic heterocycles. The SMILES string of the molecule is COc1ncccc1CNc1ccc(=O)[nH]n1. The van der Waals surface area contributed by atoms with E-state index < -0.39 is 0 Å². The summed E-state index contributed by atoms with van der Waals surface area (Å²) in [5.41, 5.74) is 0.692. The molecule has 0 spiro atoms. The van der Waals surface area contributed by atoms with Gasteiger partial charge in [-0.15, -0.1) is 0 Å². The molecular weight excluding hydrogens is 220 g/mol. The minimum absolute atomic E-state index is 0.227. The van der Waals surface area contributed by atoms with Crippen LogP contribution >= 0.6 is 0 Å². The van der Waals surface area contributed by atoms with E-state index in [2.05, 4.69) is 20.5 Å². The molecule has 0 bridgehead atoms. The first-order chi connectivity index (χ1) is 8.29. The quantitative estimate of drug-likeness (QED) is 0.814. The Hall–Kier alpha value is -2.37. The van der Waals surface area contributed by atoms with Gasteiger partial charge in [-0.25, -0.2) is 10.1 Å². The van der Waals surface area contributed by atoms with Crippen molar-refractivity contribution in [2.24, 2.45) is 0 Å². The summed E-state index contributed by atoms with van der Waals surface area (Å²) >= 11 is 0. The van der Waals surface area contributed by atoms with Crippen LogP contribution in [0.2, 0.25) is 0 Å². The molecule has 2 aromatic rings. The van der Waals surface area contributed by atoms with E-state index in [1.54, 1.807) is 19.4 Å². The normalized spacial score (nSPS) is 9.94. The van der Waals surface area contributed by atoms with Gasteiger partial charge in [0.2, 0.25) is 5.88 Å². The maximum absolute atomic E-state index is 10.8. The molecule has 0 aliphatic carbocycles. The Morgan fingerprint density at radius 1 is 1.41 bits per heavy atom. The van der Waals surface area contributed by atoms with Gasteiger partial charge >= 0.3 is 0 Å². The van der Waals surface area contributed by atoms with Crippen LogP contribution < -0.4 is 15.6 Å². The van der Waals surface area contributed by atoms with Gasteiger partial charge in [0.05, 0.1) is 7.11 Å². The fourth-order valence-electron chi connectivity index (χ4n) is 1.37. The number of rotatable bonds is 4. The first kappa shape index (κ1) is 11.1. The predicted molar refractivity (Wildman–Crippen MR) is 63.0 cm³/mol. The Labute approximate surface area is 97.7 Å². The molecule has 0 saturated carbocycles. The van der Waals surface area contributed by atoms with Gasteiger partial charge in [0.15, 0.2) is 0 Å². The first-order valence-electron chi connectivity index (χ1n) is 5.07. The topological polar surface area (TPSA) is 79.9 Å². The van der Waals surface area contributed by atoms with Crippen molar-refractivity contribution in [2.75, 3.05) is 12.4 Å². The summed E-state index contributed by atoms with van der Waals surface area (Å²) in [5, 5.41) is 9.25. The molecule has 88 valence electrons. The van der Waals surface area contributed by atoms with Crippen molar-refractivity contribution in [1.29, 1.82) is 0 Å². The number of hydrogen-bond donors (Lipinski definition) is 2. The maximum Gasteiger partial charge on any atom is 0.264 e. The number of nitrogens with zero attached hydrogens (tertiary/aromatic N) is 2. The third-order valence-electron chi connectivity index (χ3n) is 2.18. The van der Waals surface area contributed by atoms with Gasteiger partial charge in [-0.2, -0.15) is 5.10 Å². The zero-order valence-corrected chi connectivity index (χ0v) is 9.30. The molecule has 0 aromatic carbocycles. The number of H-pyrrole nitrogens is 1. The van der Waals surface area contributed by atoms with Gasteiger partial charge in [0.25, 0.3) is 5.56 Å². The Morgan fingerprint density at radius 2 is 2.29 bits per heavy atom. The highest BCUT2D eigenvalue weighted by molar-refractivity contribution is 5.35. The number of hydrogen-bond acceptors (Lipinski definition) is 5. The maximum atomic E-state index is 10.8. The summed E-state index contributed by atoms with van der Waals surface area (Å²) in [6.45, 7) is 0.524. The standard InChI is InChI=1S/C11H12N4O2/c1-17-11-8(3-2-6-12-11)7-13-9-4-5-10(16)15-14-9/h2-6H,7H2,1H3,(H,13,14)(H,15,16). The lowest BCUT2D eigenvalue weighted by Crippen LogP contribution is -2.09. The summed E-state index contributed by atoms with van der Waals surface area (Å²) in [6.07, 6.45) is 1.67. The zero-order valence-electron chi connectivity index (χ0n) is 9.30. The molecule has 2 rings (SSSR count). The second-order valence-corrected chi connectivity index (χ2v) is 3.33. The molecule has 6 heteroatoms. The lowest BCUT2D eigenvalue weighted by molar-refractivity contribution is 0.393. The van der Waals surface area contributed by atoms with Gasteiger partial charge in [0, 0.05) is 24.4 Å². The van der Waals surface area contributed by atoms with Crippen molar-refractivity contribution in [3.05, 3.63) is 46.4 Å². The van der Waals surface area contributed by atoms with E-state index in [4.69, 9.17) is 4.74 Å². The molecule has 0 atom stereocenters. The average molecular weight is 232 g/mol. The fourth-order valence-corrected chi connectivity index (χ4v) is 1.37. The Morgan fingerprint density at radius 3 is 3.00 bits per heavy atom. The van der Waals surface area contributed by atoms with Gasteiger partial charge in [0.1, 0.15) is 5.82 Å². The highest BCUT2D eigenvalue weighted by Gasteiger charge is 2.02. The molecule has 0 saturated heterocycles. The molecule has 0 radical (unpaired) electrons. The molecule has 0 amide bonds. The molecule has 0 aliphatic rings. The first-order valence-corrected chi connectivity index (χ1v) is 5.07. The van der Waals surface area contributed by atoms with Crippen LogP contribution in [0.15, 0.2) is 35.3 Å². The van der Waals surface area contributed by atoms with Crippen LogP contribution in [0.4, 0.5) is 5.82 Å². The third-order valence-corrected chi connectivity index (χ3v) is 2.18. The third kappa shape index (κ3) is 2.81. The number of aromatic amines is 1. The number of aromatic nitrogens is 3. The zero-order chi connectivity index (χ0) is 12.1. The minimum atomic E-state index is -0.227. The second kappa shape index (κ2) is 5.11. The van der Waals surface area contributed by atoms with Crippen molar-refractivity contribution >= 4 is 5.82 Å². The van der Waals surface area contributed by atoms with E-state index >= 15 is 0 Å². The molecule has 17 heavy (non-hydrogen) atoms. The van der Waals surface area contributed by atoms with Crippen molar-refractivity contribution in [1.82, 2.24) is 15.2 Å². The summed E-state index contributed by atoms with van der Waals surface area (Å²) in [7, 11) is 1.57. The van der Waals surface area contributed by atoms with Crippen molar-refractivity contribution in [3.63, 3.8) is 0 Å². The van der Waals surface area contributed by atoms with Gasteiger partial charge in [-0.05, 0) is 12.1 Å². The molecule has 2 N–H and O–H groups in total. The number of ether oxygens (including phenoxy) is 1. The van der Waals surface area contributed by atoms with Crippen LogP contribution in [0, 0.1) is 0 Å². The molecule has 6 nitrogen and oxygen atoms in total. The van der Waals surface area contributed by atoms with E-state index in [0.717, 1.165) is 5.56 Å². The van der Waals surface area contributed by atoms with Crippen molar-refractivity contribution in [3.8, 4) is 5.88 Å². The highest BCUT2D eigenvalue weighted by Crippen LogP contribution is 2.14. The lowest BCUT2D eigenvalue weighted by atomic mass is 10.2. The summed E-state index contributed by atoms with van der Waals surface area (Å²) < 4.78 is 5.12. The Balaban J connectivity index is 2.07. The van der Waals surface area contributed by atoms with Crippen LogP contribution in [-0.4, -0.2) is 22.3 Å². The molecule has 0 unspecified atom stereocenters. The summed E-state index contributed by atoms with van der Waals surface area (Å²) in [6, 6.07) is 6.77. The number of nitrogens with one attached hydrogen (secondary N) is 2. The molecular formula is C11H12N4O2. The van der Waals surface area contributed by atoms with Crippen LogP contribution in [0.3, 0.4) is 0 Å². The fraction of sp³-hybridized carbons (Fsp3) is 0.182. The van der Waals surface area contributed by atoms with Crippen LogP contribution in [-0.2, 0) is 6.54 Å². The smallest absolute Gasteiger partial charge is 0.264 e. The summed E-state index contributed by atoms with van der Waals surface area (Å²) in [5.74, 6) is 1.17. The Kier molecular flexibility index (Phi) is 3.34. The Bertz CT molecular complexity index is 533. The molecule has 2 heterocycles. The highest BCUT2D eigenvalue weighted by atomic mass is 16.5. The van der Waals surface area contributed by atoms with Crippen molar-refractivity contribution < 1.29 is 4.74 Å². The predicted octanol–water partition coefficient (Wildman–Crippen LogP) is 0.786.